The Bertz CT molecular complexity index is 397. The molecular weight excluding hydrogens is 294 g/mol. The molecule has 1 saturated carbocycles. The lowest BCUT2D eigenvalue weighted by molar-refractivity contribution is 0.177. The van der Waals surface area contributed by atoms with Gasteiger partial charge in [-0.25, -0.2) is 0 Å². The number of benzene rings is 1. The van der Waals surface area contributed by atoms with Gasteiger partial charge in [0.25, 0.3) is 0 Å². The van der Waals surface area contributed by atoms with Crippen LogP contribution in [0, 0.1) is 5.92 Å². The minimum Gasteiger partial charge on any atom is -0.497 e. The van der Waals surface area contributed by atoms with E-state index >= 15 is 0 Å². The Hall–Kier alpha value is -0.580. The van der Waals surface area contributed by atoms with E-state index < -0.39 is 0 Å². The van der Waals surface area contributed by atoms with Crippen molar-refractivity contribution in [2.45, 2.75) is 31.9 Å². The van der Waals surface area contributed by atoms with E-state index in [2.05, 4.69) is 21.2 Å². The third-order valence-electron chi connectivity index (χ3n) is 3.51. The number of hydrogen-bond acceptors (Lipinski definition) is 3. The van der Waals surface area contributed by atoms with Gasteiger partial charge in [-0.3, -0.25) is 0 Å². The molecule has 0 aromatic heterocycles. The highest BCUT2D eigenvalue weighted by molar-refractivity contribution is 9.10. The number of ether oxygens (including phenoxy) is 1. The first kappa shape index (κ1) is 13.8. The first-order chi connectivity index (χ1) is 8.69. The van der Waals surface area contributed by atoms with Crippen molar-refractivity contribution < 1.29 is 9.84 Å². The summed E-state index contributed by atoms with van der Waals surface area (Å²) in [6.45, 7) is 1.80. The number of rotatable bonds is 5. The Kier molecular flexibility index (Phi) is 5.03. The summed E-state index contributed by atoms with van der Waals surface area (Å²) in [4.78, 5) is 0. The monoisotopic (exact) mass is 313 g/mol. The summed E-state index contributed by atoms with van der Waals surface area (Å²) >= 11 is 3.55. The van der Waals surface area contributed by atoms with Gasteiger partial charge in [-0.05, 0) is 55.5 Å². The second kappa shape index (κ2) is 6.55. The molecular formula is C14H20BrNO2. The number of halogens is 1. The molecule has 18 heavy (non-hydrogen) atoms. The van der Waals surface area contributed by atoms with E-state index in [9.17, 15) is 5.11 Å². The highest BCUT2D eigenvalue weighted by atomic mass is 79.9. The van der Waals surface area contributed by atoms with Crippen molar-refractivity contribution in [2.75, 3.05) is 13.7 Å². The van der Waals surface area contributed by atoms with Crippen molar-refractivity contribution in [3.63, 3.8) is 0 Å². The molecule has 1 aliphatic carbocycles. The first-order valence-corrected chi connectivity index (χ1v) is 7.19. The second-order valence-electron chi connectivity index (χ2n) is 4.92. The summed E-state index contributed by atoms with van der Waals surface area (Å²) in [5.74, 6) is 1.50. The first-order valence-electron chi connectivity index (χ1n) is 6.40. The maximum Gasteiger partial charge on any atom is 0.119 e. The molecule has 4 heteroatoms. The van der Waals surface area contributed by atoms with Crippen molar-refractivity contribution in [3.05, 3.63) is 28.2 Å². The SMILES string of the molecule is COc1ccc(Br)c(CNCC2CCC(O)C2)c1. The molecule has 1 aromatic rings. The van der Waals surface area contributed by atoms with Crippen molar-refractivity contribution >= 4 is 15.9 Å². The molecule has 0 saturated heterocycles. The average molecular weight is 314 g/mol. The van der Waals surface area contributed by atoms with Crippen LogP contribution >= 0.6 is 15.9 Å². The molecule has 1 aromatic carbocycles. The van der Waals surface area contributed by atoms with Gasteiger partial charge in [-0.1, -0.05) is 15.9 Å². The van der Waals surface area contributed by atoms with Gasteiger partial charge in [-0.2, -0.15) is 0 Å². The molecule has 0 bridgehead atoms. The number of hydrogen-bond donors (Lipinski definition) is 2. The summed E-state index contributed by atoms with van der Waals surface area (Å²) in [7, 11) is 1.68. The lowest BCUT2D eigenvalue weighted by Gasteiger charge is -2.12. The zero-order chi connectivity index (χ0) is 13.0. The van der Waals surface area contributed by atoms with Gasteiger partial charge in [0.1, 0.15) is 5.75 Å². The average Bonchev–Trinajstić information content (AvgIpc) is 2.77. The Labute approximate surface area is 117 Å². The van der Waals surface area contributed by atoms with Gasteiger partial charge >= 0.3 is 0 Å². The van der Waals surface area contributed by atoms with Crippen LogP contribution < -0.4 is 10.1 Å². The van der Waals surface area contributed by atoms with Crippen molar-refractivity contribution in [2.24, 2.45) is 5.92 Å². The molecule has 1 aliphatic rings. The standard InChI is InChI=1S/C14H20BrNO2/c1-18-13-4-5-14(15)11(7-13)9-16-8-10-2-3-12(17)6-10/h4-5,7,10,12,16-17H,2-3,6,8-9H2,1H3. The lowest BCUT2D eigenvalue weighted by atomic mass is 10.1. The Balaban J connectivity index is 1.82. The van der Waals surface area contributed by atoms with Gasteiger partial charge in [0.15, 0.2) is 0 Å². The van der Waals surface area contributed by atoms with Crippen LogP contribution in [0.2, 0.25) is 0 Å². The van der Waals surface area contributed by atoms with Crippen LogP contribution in [0.4, 0.5) is 0 Å². The third-order valence-corrected chi connectivity index (χ3v) is 4.29. The smallest absolute Gasteiger partial charge is 0.119 e. The Morgan fingerprint density at radius 1 is 1.44 bits per heavy atom. The summed E-state index contributed by atoms with van der Waals surface area (Å²) in [6.07, 6.45) is 2.94. The van der Waals surface area contributed by atoms with Gasteiger partial charge in [0, 0.05) is 11.0 Å². The van der Waals surface area contributed by atoms with Crippen molar-refractivity contribution in [1.29, 1.82) is 0 Å². The molecule has 0 radical (unpaired) electrons. The molecule has 0 aliphatic heterocycles. The van der Waals surface area contributed by atoms with E-state index in [1.165, 1.54) is 5.56 Å². The van der Waals surface area contributed by atoms with Gasteiger partial charge in [-0.15, -0.1) is 0 Å². The van der Waals surface area contributed by atoms with E-state index in [-0.39, 0.29) is 6.10 Å². The molecule has 1 fully saturated rings. The van der Waals surface area contributed by atoms with Crippen molar-refractivity contribution in [3.8, 4) is 5.75 Å². The fourth-order valence-electron chi connectivity index (χ4n) is 2.46. The molecule has 0 spiro atoms. The Morgan fingerprint density at radius 2 is 2.28 bits per heavy atom. The van der Waals surface area contributed by atoms with Crippen LogP contribution in [0.5, 0.6) is 5.75 Å². The van der Waals surface area contributed by atoms with E-state index in [1.54, 1.807) is 7.11 Å². The van der Waals surface area contributed by atoms with E-state index in [4.69, 9.17) is 4.74 Å². The quantitative estimate of drug-likeness (QED) is 0.878. The minimum atomic E-state index is -0.0830. The van der Waals surface area contributed by atoms with Crippen LogP contribution in [-0.4, -0.2) is 24.9 Å². The minimum absolute atomic E-state index is 0.0830. The molecule has 2 atom stereocenters. The predicted molar refractivity (Wildman–Crippen MR) is 75.7 cm³/mol. The highest BCUT2D eigenvalue weighted by Gasteiger charge is 2.22. The number of aliphatic hydroxyl groups excluding tert-OH is 1. The summed E-state index contributed by atoms with van der Waals surface area (Å²) < 4.78 is 6.32. The molecule has 0 amide bonds. The molecule has 2 rings (SSSR count). The summed E-state index contributed by atoms with van der Waals surface area (Å²) in [5, 5.41) is 12.9. The van der Waals surface area contributed by atoms with Gasteiger partial charge < -0.3 is 15.2 Å². The molecule has 0 heterocycles. The fraction of sp³-hybridized carbons (Fsp3) is 0.571. The van der Waals surface area contributed by atoms with E-state index in [1.807, 2.05) is 18.2 Å². The van der Waals surface area contributed by atoms with Gasteiger partial charge in [0.05, 0.1) is 13.2 Å². The molecule has 100 valence electrons. The fourth-order valence-corrected chi connectivity index (χ4v) is 2.85. The van der Waals surface area contributed by atoms with Crippen molar-refractivity contribution in [1.82, 2.24) is 5.32 Å². The highest BCUT2D eigenvalue weighted by Crippen LogP contribution is 2.25. The van der Waals surface area contributed by atoms with Crippen LogP contribution in [0.1, 0.15) is 24.8 Å². The maximum absolute atomic E-state index is 9.48. The number of nitrogens with one attached hydrogen (secondary N) is 1. The lowest BCUT2D eigenvalue weighted by Crippen LogP contribution is -2.21. The predicted octanol–water partition coefficient (Wildman–Crippen LogP) is 2.71. The number of methoxy groups -OCH3 is 1. The number of aliphatic hydroxyl groups is 1. The van der Waals surface area contributed by atoms with Crippen LogP contribution in [-0.2, 0) is 6.54 Å². The summed E-state index contributed by atoms with van der Waals surface area (Å²) in [6, 6.07) is 6.00. The maximum atomic E-state index is 9.48. The molecule has 2 unspecified atom stereocenters. The largest absolute Gasteiger partial charge is 0.497 e. The molecule has 2 N–H and O–H groups in total. The third kappa shape index (κ3) is 3.70. The zero-order valence-corrected chi connectivity index (χ0v) is 12.2. The van der Waals surface area contributed by atoms with Crippen LogP contribution in [0.25, 0.3) is 0 Å². The Morgan fingerprint density at radius 3 is 2.94 bits per heavy atom. The van der Waals surface area contributed by atoms with Crippen LogP contribution in [0.15, 0.2) is 22.7 Å². The van der Waals surface area contributed by atoms with Gasteiger partial charge in [0.2, 0.25) is 0 Å². The van der Waals surface area contributed by atoms with Crippen LogP contribution in [0.3, 0.4) is 0 Å². The second-order valence-corrected chi connectivity index (χ2v) is 5.78. The van der Waals surface area contributed by atoms with E-state index in [0.29, 0.717) is 5.92 Å². The zero-order valence-electron chi connectivity index (χ0n) is 10.7. The van der Waals surface area contributed by atoms with E-state index in [0.717, 1.165) is 42.6 Å². The molecule has 3 nitrogen and oxygen atoms in total. The summed E-state index contributed by atoms with van der Waals surface area (Å²) in [5.41, 5.74) is 1.20. The normalized spacial score (nSPS) is 23.3. The topological polar surface area (TPSA) is 41.5 Å².